The number of nitrogens with one attached hydrogen (secondary N) is 5. The molecule has 13 heteroatoms. The number of nitriles is 1. The quantitative estimate of drug-likeness (QED) is 0.217. The van der Waals surface area contributed by atoms with Gasteiger partial charge in [-0.3, -0.25) is 24.9 Å². The van der Waals surface area contributed by atoms with Gasteiger partial charge in [-0.1, -0.05) is 13.8 Å². The van der Waals surface area contributed by atoms with Crippen LogP contribution in [0.15, 0.2) is 4.99 Å². The normalized spacial score (nSPS) is 48.5. The van der Waals surface area contributed by atoms with E-state index in [2.05, 4.69) is 82.1 Å². The lowest BCUT2D eigenvalue weighted by Gasteiger charge is -2.43. The molecule has 0 aromatic rings. The number of methoxy groups -OCH3 is 1. The van der Waals surface area contributed by atoms with Crippen molar-refractivity contribution in [3.63, 3.8) is 0 Å². The van der Waals surface area contributed by atoms with E-state index in [0.717, 1.165) is 63.3 Å². The average Bonchev–Trinajstić information content (AvgIpc) is 3.92. The van der Waals surface area contributed by atoms with E-state index in [1.807, 2.05) is 0 Å². The maximum Gasteiger partial charge on any atom is 0.238 e. The van der Waals surface area contributed by atoms with Gasteiger partial charge in [0.05, 0.1) is 66.3 Å². The van der Waals surface area contributed by atoms with Crippen LogP contribution in [0.2, 0.25) is 0 Å². The number of rotatable bonds is 8. The molecular formula is C46H77N9O3S. The minimum atomic E-state index is -0.178. The fourth-order valence-electron chi connectivity index (χ4n) is 13.7. The zero-order chi connectivity index (χ0) is 40.8. The van der Waals surface area contributed by atoms with Crippen LogP contribution in [-0.4, -0.2) is 120 Å². The minimum absolute atomic E-state index is 0.0218. The molecular weight excluding hydrogens is 759 g/mol. The first-order valence-electron chi connectivity index (χ1n) is 24.2. The first-order valence-corrected chi connectivity index (χ1v) is 25.2. The highest BCUT2D eigenvalue weighted by Gasteiger charge is 2.54. The van der Waals surface area contributed by atoms with Crippen molar-refractivity contribution in [2.75, 3.05) is 33.3 Å². The molecule has 59 heavy (non-hydrogen) atoms. The standard InChI is InChI=1S/C46H77N9O3S/c1-27-29(3)59-45-41(27)42(50-28(2)43-53-52-30(4)55(43)45)33-8-6-31(7-9-33)32-16-18-46(19-17-32)20-21-54(26-46)40-25-48-38(24-49-40)44(56)51-35-11-14-36(15-12-35)58-37-13-10-34(23-47)39(22-37)57-5/h27-41,43,45,48-49,52-53H,6-22,24-26H2,1-5H3,(H,51,56)/t27?,28-,29?,30?,31?,32?,33?,34?,35?,36?,37?,38?,39?,40?,41?,43?,45?,46?/m0/s1. The van der Waals surface area contributed by atoms with Gasteiger partial charge in [0.25, 0.3) is 0 Å². The summed E-state index contributed by atoms with van der Waals surface area (Å²) in [6.45, 7) is 13.5. The van der Waals surface area contributed by atoms with Gasteiger partial charge in [0.2, 0.25) is 5.91 Å². The molecule has 0 bridgehead atoms. The monoisotopic (exact) mass is 836 g/mol. The summed E-state index contributed by atoms with van der Waals surface area (Å²) in [5.41, 5.74) is 9.20. The molecule has 330 valence electrons. The maximum atomic E-state index is 13.4. The number of hydrazine groups is 1. The number of likely N-dealkylation sites (tertiary alicyclic amines) is 1. The number of thioether (sulfide) groups is 1. The molecule has 9 rings (SSSR count). The van der Waals surface area contributed by atoms with Gasteiger partial charge in [0, 0.05) is 62.6 Å². The lowest BCUT2D eigenvalue weighted by molar-refractivity contribution is -0.125. The highest BCUT2D eigenvalue weighted by Crippen LogP contribution is 2.53. The summed E-state index contributed by atoms with van der Waals surface area (Å²) in [6, 6.07) is 2.71. The van der Waals surface area contributed by atoms with Crippen molar-refractivity contribution in [3.8, 4) is 6.07 Å². The molecule has 9 aliphatic rings. The second kappa shape index (κ2) is 18.4. The molecule has 5 N–H and O–H groups in total. The molecule has 12 nitrogen and oxygen atoms in total. The molecule has 4 saturated heterocycles. The van der Waals surface area contributed by atoms with E-state index < -0.39 is 0 Å². The Bertz CT molecular complexity index is 1510. The largest absolute Gasteiger partial charge is 0.380 e. The second-order valence-electron chi connectivity index (χ2n) is 20.9. The topological polar surface area (TPSA) is 138 Å². The minimum Gasteiger partial charge on any atom is -0.380 e. The van der Waals surface area contributed by atoms with Gasteiger partial charge in [-0.05, 0) is 139 Å². The number of nitrogens with zero attached hydrogens (tertiary/aromatic N) is 4. The molecule has 5 heterocycles. The average molecular weight is 836 g/mol. The van der Waals surface area contributed by atoms with Crippen molar-refractivity contribution in [1.29, 1.82) is 5.26 Å². The van der Waals surface area contributed by atoms with Crippen molar-refractivity contribution < 1.29 is 14.3 Å². The van der Waals surface area contributed by atoms with E-state index >= 15 is 0 Å². The van der Waals surface area contributed by atoms with Crippen LogP contribution in [0, 0.1) is 52.3 Å². The zero-order valence-electron chi connectivity index (χ0n) is 36.9. The number of piperazine rings is 1. The van der Waals surface area contributed by atoms with E-state index in [0.29, 0.717) is 52.7 Å². The van der Waals surface area contributed by atoms with Crippen molar-refractivity contribution in [2.24, 2.45) is 45.9 Å². The Morgan fingerprint density at radius 1 is 0.898 bits per heavy atom. The number of hydrogen-bond acceptors (Lipinski definition) is 12. The predicted octanol–water partition coefficient (Wildman–Crippen LogP) is 5.35. The van der Waals surface area contributed by atoms with Gasteiger partial charge >= 0.3 is 0 Å². The first-order chi connectivity index (χ1) is 28.6. The Labute approximate surface area is 359 Å². The molecule has 0 aromatic carbocycles. The number of hydrogen-bond donors (Lipinski definition) is 5. The van der Waals surface area contributed by atoms with Crippen LogP contribution in [0.3, 0.4) is 0 Å². The molecule has 0 radical (unpaired) electrons. The summed E-state index contributed by atoms with van der Waals surface area (Å²) >= 11 is 2.20. The molecule has 4 saturated carbocycles. The van der Waals surface area contributed by atoms with Gasteiger partial charge in [-0.15, -0.1) is 11.8 Å². The van der Waals surface area contributed by atoms with Crippen molar-refractivity contribution in [1.82, 2.24) is 36.6 Å². The van der Waals surface area contributed by atoms with Crippen LogP contribution in [-0.2, 0) is 14.3 Å². The Kier molecular flexibility index (Phi) is 13.4. The first kappa shape index (κ1) is 42.9. The van der Waals surface area contributed by atoms with Gasteiger partial charge in [0.15, 0.2) is 0 Å². The van der Waals surface area contributed by atoms with Crippen LogP contribution >= 0.6 is 11.8 Å². The summed E-state index contributed by atoms with van der Waals surface area (Å²) in [7, 11) is 1.71. The van der Waals surface area contributed by atoms with Gasteiger partial charge in [0.1, 0.15) is 0 Å². The lowest BCUT2D eigenvalue weighted by Crippen LogP contribution is -2.64. The Morgan fingerprint density at radius 3 is 2.36 bits per heavy atom. The molecule has 5 aliphatic heterocycles. The lowest BCUT2D eigenvalue weighted by atomic mass is 9.63. The van der Waals surface area contributed by atoms with Crippen LogP contribution in [0.5, 0.6) is 0 Å². The fourth-order valence-corrected chi connectivity index (χ4v) is 15.5. The van der Waals surface area contributed by atoms with E-state index in [-0.39, 0.29) is 54.4 Å². The third-order valence-electron chi connectivity index (χ3n) is 17.5. The van der Waals surface area contributed by atoms with E-state index in [1.165, 1.54) is 70.9 Å². The van der Waals surface area contributed by atoms with Crippen LogP contribution in [0.25, 0.3) is 0 Å². The van der Waals surface area contributed by atoms with Crippen LogP contribution in [0.4, 0.5) is 0 Å². The third kappa shape index (κ3) is 8.93. The predicted molar refractivity (Wildman–Crippen MR) is 234 cm³/mol. The Balaban J connectivity index is 0.685. The highest BCUT2D eigenvalue weighted by atomic mass is 32.2. The van der Waals surface area contributed by atoms with Crippen molar-refractivity contribution in [2.45, 2.75) is 196 Å². The maximum absolute atomic E-state index is 13.4. The number of fused-ring (bicyclic) bond motifs is 3. The van der Waals surface area contributed by atoms with Crippen LogP contribution < -0.4 is 26.8 Å². The molecule has 8 fully saturated rings. The fraction of sp³-hybridized carbons (Fsp3) is 0.935. The van der Waals surface area contributed by atoms with Crippen molar-refractivity contribution >= 4 is 23.4 Å². The number of carbonyl (C=O) groups is 1. The van der Waals surface area contributed by atoms with E-state index in [4.69, 9.17) is 14.5 Å². The van der Waals surface area contributed by atoms with Gasteiger partial charge in [-0.2, -0.15) is 5.26 Å². The molecule has 1 amide bonds. The van der Waals surface area contributed by atoms with Gasteiger partial charge in [-0.25, -0.2) is 10.9 Å². The van der Waals surface area contributed by atoms with E-state index in [1.54, 1.807) is 12.8 Å². The summed E-state index contributed by atoms with van der Waals surface area (Å²) in [4.78, 5) is 24.4. The molecule has 1 spiro atoms. The number of carbonyl (C=O) groups excluding carboxylic acids is 1. The third-order valence-corrected chi connectivity index (χ3v) is 19.2. The van der Waals surface area contributed by atoms with Crippen molar-refractivity contribution in [3.05, 3.63) is 0 Å². The molecule has 12 atom stereocenters. The smallest absolute Gasteiger partial charge is 0.238 e. The summed E-state index contributed by atoms with van der Waals surface area (Å²) in [6.07, 6.45) is 20.2. The number of ether oxygens (including phenoxy) is 2. The van der Waals surface area contributed by atoms with Gasteiger partial charge < -0.3 is 20.1 Å². The number of amides is 1. The highest BCUT2D eigenvalue weighted by molar-refractivity contribution is 8.00. The molecule has 0 aromatic heterocycles. The Morgan fingerprint density at radius 2 is 1.64 bits per heavy atom. The summed E-state index contributed by atoms with van der Waals surface area (Å²) in [5, 5.41) is 21.4. The summed E-state index contributed by atoms with van der Waals surface area (Å²) < 4.78 is 12.1. The van der Waals surface area contributed by atoms with E-state index in [9.17, 15) is 10.1 Å². The SMILES string of the molecule is COC1CC(OC2CCC(NC(=O)C3CNC(N4CCC5(CCC(C6CCC(C7=N[C@@H](C)C8NNC(C)N8C8SC(C)C(C)C78)CC6)CC5)C4)CN3)CC2)CCC1C#N. The summed E-state index contributed by atoms with van der Waals surface area (Å²) in [5.74, 6) is 3.81. The van der Waals surface area contributed by atoms with Crippen LogP contribution in [0.1, 0.15) is 130 Å². The second-order valence-corrected chi connectivity index (χ2v) is 22.4. The molecule has 11 unspecified atom stereocenters. The zero-order valence-corrected chi connectivity index (χ0v) is 37.7. The number of aliphatic imine (C=N–C) groups is 1. The Hall–Kier alpha value is -1.34. The molecule has 4 aliphatic carbocycles.